The van der Waals surface area contributed by atoms with Crippen LogP contribution in [0.15, 0.2) is 0 Å². The summed E-state index contributed by atoms with van der Waals surface area (Å²) in [4.78, 5) is 1.23. The molecule has 0 aromatic rings. The molecular weight excluding hydrogens is 243 g/mol. The number of halogens is 3. The monoisotopic (exact) mass is 265 g/mol. The van der Waals surface area contributed by atoms with Crippen molar-refractivity contribution in [3.05, 3.63) is 0 Å². The Balaban J connectivity index is 4.06. The van der Waals surface area contributed by atoms with Crippen molar-refractivity contribution in [2.75, 3.05) is 20.1 Å². The van der Waals surface area contributed by atoms with Crippen LogP contribution in [0.3, 0.4) is 0 Å². The van der Waals surface area contributed by atoms with Crippen molar-refractivity contribution in [2.24, 2.45) is 0 Å². The molecule has 0 aromatic heterocycles. The molecule has 1 unspecified atom stereocenters. The zero-order chi connectivity index (χ0) is 14.4. The van der Waals surface area contributed by atoms with Crippen LogP contribution in [0.2, 0.25) is 0 Å². The molecule has 0 radical (unpaired) electrons. The van der Waals surface area contributed by atoms with E-state index in [9.17, 15) is 13.2 Å². The molecular formula is C12H22F3N3. The van der Waals surface area contributed by atoms with E-state index in [0.29, 0.717) is 19.4 Å². The molecule has 106 valence electrons. The van der Waals surface area contributed by atoms with Gasteiger partial charge in [-0.3, -0.25) is 10.2 Å². The highest BCUT2D eigenvalue weighted by molar-refractivity contribution is 5.04. The number of alkyl halides is 3. The Bertz CT molecular complexity index is 283. The van der Waals surface area contributed by atoms with Gasteiger partial charge in [0.25, 0.3) is 0 Å². The highest BCUT2D eigenvalue weighted by atomic mass is 19.4. The van der Waals surface area contributed by atoms with Gasteiger partial charge in [0.2, 0.25) is 0 Å². The molecule has 1 N–H and O–H groups in total. The Morgan fingerprint density at radius 2 is 1.89 bits per heavy atom. The summed E-state index contributed by atoms with van der Waals surface area (Å²) in [5.74, 6) is 0. The minimum atomic E-state index is -4.16. The fourth-order valence-corrected chi connectivity index (χ4v) is 1.89. The first kappa shape index (κ1) is 17.2. The lowest BCUT2D eigenvalue weighted by molar-refractivity contribution is -0.143. The maximum Gasteiger partial charge on any atom is 0.401 e. The van der Waals surface area contributed by atoms with Crippen molar-refractivity contribution in [1.82, 2.24) is 10.2 Å². The van der Waals surface area contributed by atoms with Crippen LogP contribution < -0.4 is 5.32 Å². The van der Waals surface area contributed by atoms with Crippen molar-refractivity contribution in [3.8, 4) is 6.07 Å². The molecule has 0 saturated carbocycles. The summed E-state index contributed by atoms with van der Waals surface area (Å²) in [5, 5.41) is 12.2. The average molecular weight is 265 g/mol. The fourth-order valence-electron chi connectivity index (χ4n) is 1.89. The molecule has 0 aliphatic carbocycles. The lowest BCUT2D eigenvalue weighted by Gasteiger charge is -2.27. The van der Waals surface area contributed by atoms with E-state index in [4.69, 9.17) is 5.26 Å². The van der Waals surface area contributed by atoms with Gasteiger partial charge in [-0.15, -0.1) is 0 Å². The third-order valence-corrected chi connectivity index (χ3v) is 2.52. The Kier molecular flexibility index (Phi) is 6.64. The molecule has 6 heteroatoms. The Morgan fingerprint density at radius 1 is 1.33 bits per heavy atom. The molecule has 0 fully saturated rings. The Labute approximate surface area is 107 Å². The lowest BCUT2D eigenvalue weighted by atomic mass is 9.96. The standard InChI is InChI=1S/C12H22F3N3/c1-10(2)17-11(3,8-16)6-5-7-18(4)9-12(13,14)15/h10,17H,5-7,9H2,1-4H3. The van der Waals surface area contributed by atoms with Crippen molar-refractivity contribution in [3.63, 3.8) is 0 Å². The summed E-state index contributed by atoms with van der Waals surface area (Å²) < 4.78 is 36.3. The summed E-state index contributed by atoms with van der Waals surface area (Å²) >= 11 is 0. The van der Waals surface area contributed by atoms with E-state index in [0.717, 1.165) is 0 Å². The van der Waals surface area contributed by atoms with E-state index in [1.807, 2.05) is 13.8 Å². The molecule has 0 rings (SSSR count). The lowest BCUT2D eigenvalue weighted by Crippen LogP contribution is -2.45. The first-order valence-corrected chi connectivity index (χ1v) is 6.02. The van der Waals surface area contributed by atoms with E-state index < -0.39 is 18.3 Å². The molecule has 3 nitrogen and oxygen atoms in total. The zero-order valence-electron chi connectivity index (χ0n) is 11.4. The van der Waals surface area contributed by atoms with Crippen LogP contribution in [0.1, 0.15) is 33.6 Å². The van der Waals surface area contributed by atoms with Crippen molar-refractivity contribution in [2.45, 2.75) is 51.4 Å². The highest BCUT2D eigenvalue weighted by Gasteiger charge is 2.29. The molecule has 0 aliphatic rings. The molecule has 0 spiro atoms. The predicted octanol–water partition coefficient (Wildman–Crippen LogP) is 2.54. The third kappa shape index (κ3) is 8.31. The van der Waals surface area contributed by atoms with E-state index in [2.05, 4.69) is 11.4 Å². The van der Waals surface area contributed by atoms with Crippen LogP contribution in [0, 0.1) is 11.3 Å². The minimum Gasteiger partial charge on any atom is -0.298 e. The second-order valence-electron chi connectivity index (χ2n) is 5.20. The van der Waals surface area contributed by atoms with Gasteiger partial charge < -0.3 is 0 Å². The fraction of sp³-hybridized carbons (Fsp3) is 0.917. The number of nitrogens with zero attached hydrogens (tertiary/aromatic N) is 2. The number of hydrogen-bond donors (Lipinski definition) is 1. The Morgan fingerprint density at radius 3 is 2.28 bits per heavy atom. The van der Waals surface area contributed by atoms with E-state index >= 15 is 0 Å². The average Bonchev–Trinajstić information content (AvgIpc) is 2.13. The summed E-state index contributed by atoms with van der Waals surface area (Å²) in [7, 11) is 1.44. The van der Waals surface area contributed by atoms with Crippen LogP contribution in [0.4, 0.5) is 13.2 Å². The Hall–Kier alpha value is -0.800. The van der Waals surface area contributed by atoms with Gasteiger partial charge in [-0.1, -0.05) is 0 Å². The second kappa shape index (κ2) is 6.95. The number of rotatable bonds is 7. The first-order valence-electron chi connectivity index (χ1n) is 6.02. The van der Waals surface area contributed by atoms with E-state index in [1.54, 1.807) is 6.92 Å². The molecule has 0 saturated heterocycles. The molecule has 18 heavy (non-hydrogen) atoms. The topological polar surface area (TPSA) is 39.1 Å². The quantitative estimate of drug-likeness (QED) is 0.769. The number of hydrogen-bond acceptors (Lipinski definition) is 3. The summed E-state index contributed by atoms with van der Waals surface area (Å²) in [6, 6.07) is 2.35. The van der Waals surface area contributed by atoms with Crippen LogP contribution in [0.5, 0.6) is 0 Å². The number of nitrogens with one attached hydrogen (secondary N) is 1. The molecule has 0 bridgehead atoms. The minimum absolute atomic E-state index is 0.169. The molecule has 0 heterocycles. The zero-order valence-corrected chi connectivity index (χ0v) is 11.4. The van der Waals surface area contributed by atoms with Gasteiger partial charge in [0, 0.05) is 6.04 Å². The molecule has 0 aromatic carbocycles. The molecule has 0 amide bonds. The SMILES string of the molecule is CC(C)NC(C)(C#N)CCCN(C)CC(F)(F)F. The second-order valence-corrected chi connectivity index (χ2v) is 5.20. The highest BCUT2D eigenvalue weighted by Crippen LogP contribution is 2.17. The maximum atomic E-state index is 12.1. The van der Waals surface area contributed by atoms with Crippen LogP contribution in [-0.2, 0) is 0 Å². The van der Waals surface area contributed by atoms with E-state index in [1.165, 1.54) is 11.9 Å². The number of nitriles is 1. The summed E-state index contributed by atoms with van der Waals surface area (Å²) in [5.41, 5.74) is -0.673. The smallest absolute Gasteiger partial charge is 0.298 e. The van der Waals surface area contributed by atoms with Gasteiger partial charge in [0.1, 0.15) is 5.54 Å². The summed E-state index contributed by atoms with van der Waals surface area (Å²) in [6.45, 7) is 5.07. The summed E-state index contributed by atoms with van der Waals surface area (Å²) in [6.07, 6.45) is -3.08. The van der Waals surface area contributed by atoms with Crippen molar-refractivity contribution < 1.29 is 13.2 Å². The van der Waals surface area contributed by atoms with E-state index in [-0.39, 0.29) is 6.04 Å². The van der Waals surface area contributed by atoms with Gasteiger partial charge in [0.05, 0.1) is 12.6 Å². The van der Waals surface area contributed by atoms with Crippen LogP contribution >= 0.6 is 0 Å². The van der Waals surface area contributed by atoms with Crippen molar-refractivity contribution >= 4 is 0 Å². The van der Waals surface area contributed by atoms with Gasteiger partial charge in [-0.05, 0) is 47.2 Å². The molecule has 1 atom stereocenters. The van der Waals surface area contributed by atoms with Gasteiger partial charge in [0.15, 0.2) is 0 Å². The normalized spacial score (nSPS) is 15.8. The van der Waals surface area contributed by atoms with Gasteiger partial charge in [-0.2, -0.15) is 18.4 Å². The largest absolute Gasteiger partial charge is 0.401 e. The predicted molar refractivity (Wildman–Crippen MR) is 65.1 cm³/mol. The van der Waals surface area contributed by atoms with Crippen LogP contribution in [-0.4, -0.2) is 42.8 Å². The van der Waals surface area contributed by atoms with Gasteiger partial charge >= 0.3 is 6.18 Å². The van der Waals surface area contributed by atoms with Crippen molar-refractivity contribution in [1.29, 1.82) is 5.26 Å². The first-order chi connectivity index (χ1) is 8.08. The third-order valence-electron chi connectivity index (χ3n) is 2.52. The molecule has 0 aliphatic heterocycles. The maximum absolute atomic E-state index is 12.1. The van der Waals surface area contributed by atoms with Crippen LogP contribution in [0.25, 0.3) is 0 Å². The van der Waals surface area contributed by atoms with Gasteiger partial charge in [-0.25, -0.2) is 0 Å².